The molecule has 1 fully saturated rings. The molecule has 1 atom stereocenters. The first-order valence-electron chi connectivity index (χ1n) is 5.69. The Hall–Kier alpha value is -1.95. The van der Waals surface area contributed by atoms with Crippen LogP contribution < -0.4 is 5.32 Å². The quantitative estimate of drug-likeness (QED) is 0.816. The highest BCUT2D eigenvalue weighted by atomic mass is 32.1. The van der Waals surface area contributed by atoms with E-state index in [1.54, 1.807) is 11.8 Å². The van der Waals surface area contributed by atoms with Crippen molar-refractivity contribution in [3.05, 3.63) is 36.3 Å². The molecule has 1 N–H and O–H groups in total. The van der Waals surface area contributed by atoms with Crippen molar-refractivity contribution in [2.24, 2.45) is 0 Å². The monoisotopic (exact) mass is 260 g/mol. The lowest BCUT2D eigenvalue weighted by molar-refractivity contribution is -0.127. The van der Waals surface area contributed by atoms with E-state index in [4.69, 9.17) is 12.2 Å². The Bertz CT molecular complexity index is 603. The third kappa shape index (κ3) is 1.74. The predicted molar refractivity (Wildman–Crippen MR) is 70.9 cm³/mol. The molecule has 2 aromatic rings. The van der Waals surface area contributed by atoms with Crippen LogP contribution in [0.4, 0.5) is 0 Å². The van der Waals surface area contributed by atoms with Crippen LogP contribution >= 0.6 is 12.2 Å². The first-order valence-corrected chi connectivity index (χ1v) is 6.10. The van der Waals surface area contributed by atoms with Gasteiger partial charge < -0.3 is 9.72 Å². The van der Waals surface area contributed by atoms with Crippen LogP contribution in [0.25, 0.3) is 5.65 Å². The number of hydrogen-bond donors (Lipinski definition) is 1. The van der Waals surface area contributed by atoms with Crippen LogP contribution in [0.3, 0.4) is 0 Å². The van der Waals surface area contributed by atoms with Crippen LogP contribution in [0.2, 0.25) is 0 Å². The molecular weight excluding hydrogens is 248 g/mol. The molecule has 1 unspecified atom stereocenters. The molecule has 0 aromatic carbocycles. The lowest BCUT2D eigenvalue weighted by Gasteiger charge is -2.12. The van der Waals surface area contributed by atoms with Crippen LogP contribution in [0.15, 0.2) is 30.6 Å². The summed E-state index contributed by atoms with van der Waals surface area (Å²) < 4.78 is 1.93. The molecule has 18 heavy (non-hydrogen) atoms. The lowest BCUT2D eigenvalue weighted by atomic mass is 10.3. The van der Waals surface area contributed by atoms with Gasteiger partial charge >= 0.3 is 0 Å². The second kappa shape index (κ2) is 4.06. The molecule has 1 aliphatic heterocycles. The average Bonchev–Trinajstić information content (AvgIpc) is 2.86. The van der Waals surface area contributed by atoms with Crippen molar-refractivity contribution in [1.29, 1.82) is 0 Å². The summed E-state index contributed by atoms with van der Waals surface area (Å²) in [5.41, 5.74) is 1.69. The van der Waals surface area contributed by atoms with Crippen LogP contribution in [0, 0.1) is 0 Å². The minimum atomic E-state index is -0.241. The summed E-state index contributed by atoms with van der Waals surface area (Å²) in [6.07, 6.45) is 3.84. The van der Waals surface area contributed by atoms with Crippen LogP contribution in [-0.2, 0) is 11.3 Å². The van der Waals surface area contributed by atoms with Crippen molar-refractivity contribution in [2.75, 3.05) is 0 Å². The van der Waals surface area contributed by atoms with Gasteiger partial charge in [0.2, 0.25) is 0 Å². The molecule has 6 heteroatoms. The van der Waals surface area contributed by atoms with Gasteiger partial charge in [-0.2, -0.15) is 0 Å². The van der Waals surface area contributed by atoms with Crippen LogP contribution in [-0.4, -0.2) is 31.3 Å². The molecule has 92 valence electrons. The summed E-state index contributed by atoms with van der Waals surface area (Å²) in [5.74, 6) is -0.00273. The van der Waals surface area contributed by atoms with Gasteiger partial charge in [0.15, 0.2) is 5.11 Å². The number of nitrogens with zero attached hydrogens (tertiary/aromatic N) is 3. The number of carbonyl (C=O) groups is 1. The summed E-state index contributed by atoms with van der Waals surface area (Å²) in [6.45, 7) is 2.22. The number of aromatic nitrogens is 2. The fraction of sp³-hybridized carbons (Fsp3) is 0.250. The van der Waals surface area contributed by atoms with E-state index in [1.807, 2.05) is 35.0 Å². The van der Waals surface area contributed by atoms with E-state index in [0.717, 1.165) is 11.3 Å². The second-order valence-electron chi connectivity index (χ2n) is 4.29. The molecule has 0 aliphatic carbocycles. The van der Waals surface area contributed by atoms with E-state index in [2.05, 4.69) is 10.3 Å². The molecule has 0 saturated carbocycles. The first kappa shape index (κ1) is 11.2. The summed E-state index contributed by atoms with van der Waals surface area (Å²) >= 11 is 5.13. The maximum atomic E-state index is 11.9. The topological polar surface area (TPSA) is 49.6 Å². The lowest BCUT2D eigenvalue weighted by Crippen LogP contribution is -2.30. The Kier molecular flexibility index (Phi) is 2.52. The first-order chi connectivity index (χ1) is 8.65. The van der Waals surface area contributed by atoms with Crippen molar-refractivity contribution in [3.8, 4) is 0 Å². The SMILES string of the molecule is CC1NC(=S)N(Cc2cn3ccccc3n2)C1=O. The fourth-order valence-electron chi connectivity index (χ4n) is 2.03. The van der Waals surface area contributed by atoms with E-state index in [9.17, 15) is 4.79 Å². The number of nitrogens with one attached hydrogen (secondary N) is 1. The minimum absolute atomic E-state index is 0.00273. The summed E-state index contributed by atoms with van der Waals surface area (Å²) in [5, 5.41) is 3.42. The zero-order valence-corrected chi connectivity index (χ0v) is 10.6. The van der Waals surface area contributed by atoms with E-state index < -0.39 is 0 Å². The number of imidazole rings is 1. The Balaban J connectivity index is 1.88. The minimum Gasteiger partial charge on any atom is -0.351 e. The van der Waals surface area contributed by atoms with Gasteiger partial charge in [-0.05, 0) is 31.3 Å². The Labute approximate surface area is 109 Å². The molecule has 0 bridgehead atoms. The van der Waals surface area contributed by atoms with Gasteiger partial charge in [-0.15, -0.1) is 0 Å². The van der Waals surface area contributed by atoms with Crippen molar-refractivity contribution in [1.82, 2.24) is 19.6 Å². The van der Waals surface area contributed by atoms with Gasteiger partial charge in [0.1, 0.15) is 11.7 Å². The average molecular weight is 260 g/mol. The largest absolute Gasteiger partial charge is 0.351 e. The molecular formula is C12H12N4OS. The summed E-state index contributed by atoms with van der Waals surface area (Å²) in [6, 6.07) is 5.55. The van der Waals surface area contributed by atoms with Gasteiger partial charge in [0.05, 0.1) is 12.2 Å². The van der Waals surface area contributed by atoms with Crippen molar-refractivity contribution >= 4 is 28.9 Å². The highest BCUT2D eigenvalue weighted by molar-refractivity contribution is 7.80. The van der Waals surface area contributed by atoms with Crippen molar-refractivity contribution in [3.63, 3.8) is 0 Å². The standard InChI is InChI=1S/C12H12N4OS/c1-8-11(17)16(12(18)13-8)7-9-6-15-5-3-2-4-10(15)14-9/h2-6,8H,7H2,1H3,(H,13,18). The van der Waals surface area contributed by atoms with Gasteiger partial charge in [0.25, 0.3) is 5.91 Å². The van der Waals surface area contributed by atoms with Crippen LogP contribution in [0.1, 0.15) is 12.6 Å². The van der Waals surface area contributed by atoms with Crippen molar-refractivity contribution < 1.29 is 4.79 Å². The normalized spacial score (nSPS) is 19.6. The third-order valence-electron chi connectivity index (χ3n) is 2.96. The van der Waals surface area contributed by atoms with Gasteiger partial charge in [-0.3, -0.25) is 9.69 Å². The molecule has 2 aromatic heterocycles. The van der Waals surface area contributed by atoms with Crippen LogP contribution in [0.5, 0.6) is 0 Å². The second-order valence-corrected chi connectivity index (χ2v) is 4.68. The summed E-state index contributed by atoms with van der Waals surface area (Å²) in [4.78, 5) is 17.9. The van der Waals surface area contributed by atoms with E-state index in [0.29, 0.717) is 11.7 Å². The molecule has 1 aliphatic rings. The number of carbonyl (C=O) groups excluding carboxylic acids is 1. The number of rotatable bonds is 2. The van der Waals surface area contributed by atoms with Crippen molar-refractivity contribution in [2.45, 2.75) is 19.5 Å². The Morgan fingerprint density at radius 2 is 2.33 bits per heavy atom. The Morgan fingerprint density at radius 3 is 3.00 bits per heavy atom. The van der Waals surface area contributed by atoms with E-state index in [-0.39, 0.29) is 11.9 Å². The smallest absolute Gasteiger partial charge is 0.251 e. The number of thiocarbonyl (C=S) groups is 1. The highest BCUT2D eigenvalue weighted by Gasteiger charge is 2.32. The Morgan fingerprint density at radius 1 is 1.50 bits per heavy atom. The molecule has 1 saturated heterocycles. The molecule has 0 radical (unpaired) electrons. The number of fused-ring (bicyclic) bond motifs is 1. The maximum absolute atomic E-state index is 11.9. The van der Waals surface area contributed by atoms with Gasteiger partial charge in [-0.25, -0.2) is 4.98 Å². The molecule has 3 rings (SSSR count). The maximum Gasteiger partial charge on any atom is 0.251 e. The molecule has 3 heterocycles. The van der Waals surface area contributed by atoms with E-state index in [1.165, 1.54) is 0 Å². The fourth-order valence-corrected chi connectivity index (χ4v) is 2.37. The number of pyridine rings is 1. The molecule has 0 spiro atoms. The zero-order chi connectivity index (χ0) is 12.7. The highest BCUT2D eigenvalue weighted by Crippen LogP contribution is 2.12. The van der Waals surface area contributed by atoms with Gasteiger partial charge in [0, 0.05) is 12.4 Å². The molecule has 1 amide bonds. The van der Waals surface area contributed by atoms with E-state index >= 15 is 0 Å². The predicted octanol–water partition coefficient (Wildman–Crippen LogP) is 0.940. The van der Waals surface area contributed by atoms with Gasteiger partial charge in [-0.1, -0.05) is 6.07 Å². The third-order valence-corrected chi connectivity index (χ3v) is 3.29. The number of hydrogen-bond acceptors (Lipinski definition) is 3. The molecule has 5 nitrogen and oxygen atoms in total. The summed E-state index contributed by atoms with van der Waals surface area (Å²) in [7, 11) is 0. The zero-order valence-electron chi connectivity index (χ0n) is 9.83. The number of amides is 1.